The molecule has 1 unspecified atom stereocenters. The van der Waals surface area contributed by atoms with Crippen LogP contribution in [-0.2, 0) is 22.5 Å². The molecule has 0 bridgehead atoms. The van der Waals surface area contributed by atoms with Crippen LogP contribution in [0.1, 0.15) is 55.8 Å². The lowest BCUT2D eigenvalue weighted by Gasteiger charge is -2.16. The van der Waals surface area contributed by atoms with Crippen molar-refractivity contribution in [1.82, 2.24) is 15.0 Å². The summed E-state index contributed by atoms with van der Waals surface area (Å²) in [5.41, 5.74) is 7.21. The highest BCUT2D eigenvalue weighted by Gasteiger charge is 2.28. The van der Waals surface area contributed by atoms with Crippen LogP contribution in [0.15, 0.2) is 0 Å². The van der Waals surface area contributed by atoms with Gasteiger partial charge in [-0.15, -0.1) is 5.10 Å². The average molecular weight is 278 g/mol. The highest BCUT2D eigenvalue weighted by molar-refractivity contribution is 5.76. The molecule has 2 heterocycles. The molecule has 1 aromatic heterocycles. The number of hydrogen-bond donors (Lipinski definition) is 1. The van der Waals surface area contributed by atoms with E-state index in [1.807, 2.05) is 4.68 Å². The van der Waals surface area contributed by atoms with E-state index < -0.39 is 0 Å². The minimum absolute atomic E-state index is 0.192. The Hall–Kier alpha value is -1.43. The van der Waals surface area contributed by atoms with Crippen LogP contribution < -0.4 is 5.73 Å². The van der Waals surface area contributed by atoms with Gasteiger partial charge >= 0.3 is 0 Å². The van der Waals surface area contributed by atoms with Crippen molar-refractivity contribution in [3.05, 3.63) is 11.4 Å². The molecule has 0 radical (unpaired) electrons. The Morgan fingerprint density at radius 2 is 2.10 bits per heavy atom. The summed E-state index contributed by atoms with van der Waals surface area (Å²) in [5, 5.41) is 8.46. The van der Waals surface area contributed by atoms with Gasteiger partial charge in [-0.1, -0.05) is 18.1 Å². The first-order chi connectivity index (χ1) is 9.74. The average Bonchev–Trinajstić information content (AvgIpc) is 3.11. The molecule has 0 spiro atoms. The Morgan fingerprint density at radius 3 is 2.75 bits per heavy atom. The Labute approximate surface area is 118 Å². The molecule has 1 aliphatic heterocycles. The summed E-state index contributed by atoms with van der Waals surface area (Å²) < 4.78 is 7.65. The second-order valence-electron chi connectivity index (χ2n) is 5.86. The van der Waals surface area contributed by atoms with Crippen molar-refractivity contribution in [1.29, 1.82) is 0 Å². The van der Waals surface area contributed by atoms with Crippen LogP contribution in [0.4, 0.5) is 0 Å². The second kappa shape index (κ2) is 5.91. The predicted molar refractivity (Wildman–Crippen MR) is 73.1 cm³/mol. The van der Waals surface area contributed by atoms with E-state index in [9.17, 15) is 4.79 Å². The molecule has 0 aromatic carbocycles. The van der Waals surface area contributed by atoms with Crippen LogP contribution >= 0.6 is 0 Å². The fraction of sp³-hybridized carbons (Fsp3) is 0.786. The third kappa shape index (κ3) is 2.85. The zero-order valence-corrected chi connectivity index (χ0v) is 11.8. The topological polar surface area (TPSA) is 83.0 Å². The molecule has 20 heavy (non-hydrogen) atoms. The molecule has 1 saturated carbocycles. The van der Waals surface area contributed by atoms with E-state index in [2.05, 4.69) is 10.3 Å². The summed E-state index contributed by atoms with van der Waals surface area (Å²) in [4.78, 5) is 11.2. The van der Waals surface area contributed by atoms with Crippen LogP contribution in [0, 0.1) is 0 Å². The number of carbonyl (C=O) groups is 1. The van der Waals surface area contributed by atoms with Crippen molar-refractivity contribution < 1.29 is 9.53 Å². The number of nitrogens with zero attached hydrogens (tertiary/aromatic N) is 3. The quantitative estimate of drug-likeness (QED) is 0.875. The van der Waals surface area contributed by atoms with Gasteiger partial charge < -0.3 is 10.5 Å². The summed E-state index contributed by atoms with van der Waals surface area (Å²) in [6.07, 6.45) is 7.42. The van der Waals surface area contributed by atoms with E-state index >= 15 is 0 Å². The van der Waals surface area contributed by atoms with Crippen molar-refractivity contribution in [2.75, 3.05) is 6.61 Å². The van der Waals surface area contributed by atoms with Gasteiger partial charge in [0.15, 0.2) is 0 Å². The van der Waals surface area contributed by atoms with E-state index in [1.165, 1.54) is 12.8 Å². The third-order valence-electron chi connectivity index (χ3n) is 4.33. The van der Waals surface area contributed by atoms with Gasteiger partial charge in [0.1, 0.15) is 0 Å². The molecule has 6 nitrogen and oxygen atoms in total. The van der Waals surface area contributed by atoms with Crippen LogP contribution in [0.25, 0.3) is 0 Å². The van der Waals surface area contributed by atoms with Gasteiger partial charge in [0.05, 0.1) is 30.5 Å². The summed E-state index contributed by atoms with van der Waals surface area (Å²) in [5.74, 6) is 0.133. The lowest BCUT2D eigenvalue weighted by atomic mass is 10.00. The van der Waals surface area contributed by atoms with Gasteiger partial charge in [-0.3, -0.25) is 4.79 Å². The molecule has 2 aliphatic rings. The lowest BCUT2D eigenvalue weighted by Crippen LogP contribution is -2.20. The minimum atomic E-state index is -0.339. The minimum Gasteiger partial charge on any atom is -0.376 e. The maximum Gasteiger partial charge on any atom is 0.223 e. The molecular formula is C14H22N4O2. The molecule has 1 aliphatic carbocycles. The van der Waals surface area contributed by atoms with Crippen LogP contribution in [0.3, 0.4) is 0 Å². The smallest absolute Gasteiger partial charge is 0.223 e. The van der Waals surface area contributed by atoms with Gasteiger partial charge in [0.25, 0.3) is 0 Å². The lowest BCUT2D eigenvalue weighted by molar-refractivity contribution is -0.117. The molecule has 6 heteroatoms. The van der Waals surface area contributed by atoms with Crippen molar-refractivity contribution in [3.63, 3.8) is 0 Å². The molecule has 1 amide bonds. The largest absolute Gasteiger partial charge is 0.376 e. The standard InChI is InChI=1S/C14H22N4O2/c15-13(19)8-12-14(10-4-1-2-5-10)18(17-16-12)9-11-6-3-7-20-11/h10-11H,1-9H2,(H2,15,19). The van der Waals surface area contributed by atoms with Crippen molar-refractivity contribution in [3.8, 4) is 0 Å². The molecule has 1 saturated heterocycles. The Kier molecular flexibility index (Phi) is 4.00. The Morgan fingerprint density at radius 1 is 1.30 bits per heavy atom. The molecule has 3 rings (SSSR count). The number of ether oxygens (including phenoxy) is 1. The monoisotopic (exact) mass is 278 g/mol. The van der Waals surface area contributed by atoms with Crippen molar-refractivity contribution >= 4 is 5.91 Å². The predicted octanol–water partition coefficient (Wildman–Crippen LogP) is 1.14. The fourth-order valence-electron chi connectivity index (χ4n) is 3.41. The summed E-state index contributed by atoms with van der Waals surface area (Å²) in [7, 11) is 0. The highest BCUT2D eigenvalue weighted by Crippen LogP contribution is 2.35. The molecule has 2 N–H and O–H groups in total. The van der Waals surface area contributed by atoms with E-state index in [0.29, 0.717) is 5.92 Å². The summed E-state index contributed by atoms with van der Waals surface area (Å²) in [6.45, 7) is 1.59. The number of amides is 1. The van der Waals surface area contributed by atoms with Gasteiger partial charge in [-0.25, -0.2) is 4.68 Å². The molecule has 110 valence electrons. The molecule has 2 fully saturated rings. The van der Waals surface area contributed by atoms with Crippen molar-refractivity contribution in [2.24, 2.45) is 5.73 Å². The Balaban J connectivity index is 1.83. The van der Waals surface area contributed by atoms with Crippen LogP contribution in [0.5, 0.6) is 0 Å². The van der Waals surface area contributed by atoms with Crippen molar-refractivity contribution in [2.45, 2.75) is 63.5 Å². The van der Waals surface area contributed by atoms with Gasteiger partial charge in [0, 0.05) is 12.5 Å². The Bertz CT molecular complexity index is 474. The first kappa shape index (κ1) is 13.5. The first-order valence-electron chi connectivity index (χ1n) is 7.56. The van der Waals surface area contributed by atoms with Gasteiger partial charge in [0.2, 0.25) is 5.91 Å². The number of nitrogens with two attached hydrogens (primary N) is 1. The van der Waals surface area contributed by atoms with E-state index in [1.54, 1.807) is 0 Å². The maximum absolute atomic E-state index is 11.2. The second-order valence-corrected chi connectivity index (χ2v) is 5.86. The molecular weight excluding hydrogens is 256 g/mol. The molecule has 1 aromatic rings. The van der Waals surface area contributed by atoms with Gasteiger partial charge in [-0.2, -0.15) is 0 Å². The number of rotatable bonds is 5. The SMILES string of the molecule is NC(=O)Cc1nnn(CC2CCCO2)c1C1CCCC1. The highest BCUT2D eigenvalue weighted by atomic mass is 16.5. The summed E-state index contributed by atoms with van der Waals surface area (Å²) in [6, 6.07) is 0. The number of carbonyl (C=O) groups excluding carboxylic acids is 1. The van der Waals surface area contributed by atoms with E-state index in [0.717, 1.165) is 50.2 Å². The van der Waals surface area contributed by atoms with Crippen LogP contribution in [0.2, 0.25) is 0 Å². The fourth-order valence-corrected chi connectivity index (χ4v) is 3.41. The summed E-state index contributed by atoms with van der Waals surface area (Å²) >= 11 is 0. The zero-order chi connectivity index (χ0) is 13.9. The molecule has 1 atom stereocenters. The first-order valence-corrected chi connectivity index (χ1v) is 7.56. The maximum atomic E-state index is 11.2. The normalized spacial score (nSPS) is 23.5. The third-order valence-corrected chi connectivity index (χ3v) is 4.33. The van der Waals surface area contributed by atoms with E-state index in [-0.39, 0.29) is 18.4 Å². The number of aromatic nitrogens is 3. The number of primary amides is 1. The van der Waals surface area contributed by atoms with Crippen LogP contribution in [-0.4, -0.2) is 33.6 Å². The number of hydrogen-bond acceptors (Lipinski definition) is 4. The van der Waals surface area contributed by atoms with Gasteiger partial charge in [-0.05, 0) is 25.7 Å². The zero-order valence-electron chi connectivity index (χ0n) is 11.8. The van der Waals surface area contributed by atoms with E-state index in [4.69, 9.17) is 10.5 Å².